The molecular formula is C17H22F3N3O. The molecule has 1 atom stereocenters. The molecule has 0 bridgehead atoms. The predicted octanol–water partition coefficient (Wildman–Crippen LogP) is 2.60. The van der Waals surface area contributed by atoms with Gasteiger partial charge in [0.2, 0.25) is 0 Å². The molecule has 0 aromatic carbocycles. The lowest BCUT2D eigenvalue weighted by atomic mass is 9.83. The van der Waals surface area contributed by atoms with Crippen molar-refractivity contribution in [1.82, 2.24) is 15.2 Å². The Bertz CT molecular complexity index is 624. The molecule has 1 saturated heterocycles. The second kappa shape index (κ2) is 6.37. The van der Waals surface area contributed by atoms with Gasteiger partial charge in [-0.3, -0.25) is 4.98 Å². The molecule has 1 aromatic rings. The lowest BCUT2D eigenvalue weighted by Crippen LogP contribution is -2.41. The van der Waals surface area contributed by atoms with E-state index in [1.165, 1.54) is 6.07 Å². The third-order valence-electron chi connectivity index (χ3n) is 5.03. The second-order valence-electron chi connectivity index (χ2n) is 6.59. The van der Waals surface area contributed by atoms with Gasteiger partial charge in [0.15, 0.2) is 0 Å². The van der Waals surface area contributed by atoms with Gasteiger partial charge in [-0.2, -0.15) is 13.2 Å². The first-order chi connectivity index (χ1) is 11.4. The molecule has 24 heavy (non-hydrogen) atoms. The Kier molecular flexibility index (Phi) is 4.57. The highest BCUT2D eigenvalue weighted by Gasteiger charge is 2.40. The number of hydrogen-bond acceptors (Lipinski definition) is 4. The van der Waals surface area contributed by atoms with Gasteiger partial charge in [-0.15, -0.1) is 0 Å². The number of ether oxygens (including phenoxy) is 1. The number of methoxy groups -OCH3 is 1. The number of rotatable bonds is 4. The van der Waals surface area contributed by atoms with E-state index in [1.54, 1.807) is 7.11 Å². The standard InChI is InChI=1S/C17H22F3N3O/c1-12(16(11-24-2)4-5-21-10-16)23-6-3-15-13(9-23)7-14(8-22-15)17(18,19)20/h7-8,21H,1,3-6,9-11H2,2H3. The van der Waals surface area contributed by atoms with Crippen LogP contribution in [-0.4, -0.2) is 43.2 Å². The summed E-state index contributed by atoms with van der Waals surface area (Å²) in [6.07, 6.45) is -1.89. The summed E-state index contributed by atoms with van der Waals surface area (Å²) in [7, 11) is 1.67. The van der Waals surface area contributed by atoms with E-state index in [2.05, 4.69) is 21.8 Å². The molecule has 1 fully saturated rings. The molecule has 2 aliphatic heterocycles. The number of aromatic nitrogens is 1. The molecule has 1 N–H and O–H groups in total. The van der Waals surface area contributed by atoms with Crippen LogP contribution in [0.15, 0.2) is 24.5 Å². The molecule has 2 aliphatic rings. The van der Waals surface area contributed by atoms with Crippen LogP contribution < -0.4 is 5.32 Å². The maximum absolute atomic E-state index is 12.9. The van der Waals surface area contributed by atoms with E-state index in [4.69, 9.17) is 4.74 Å². The van der Waals surface area contributed by atoms with Gasteiger partial charge in [-0.1, -0.05) is 6.58 Å². The first-order valence-electron chi connectivity index (χ1n) is 8.05. The molecule has 4 nitrogen and oxygen atoms in total. The Balaban J connectivity index is 1.82. The minimum absolute atomic E-state index is 0.179. The summed E-state index contributed by atoms with van der Waals surface area (Å²) < 4.78 is 44.2. The normalized spacial score (nSPS) is 24.1. The number of alkyl halides is 3. The molecule has 7 heteroatoms. The zero-order chi connectivity index (χ0) is 17.4. The summed E-state index contributed by atoms with van der Waals surface area (Å²) in [6, 6.07) is 1.22. The minimum atomic E-state index is -4.37. The Labute approximate surface area is 139 Å². The van der Waals surface area contributed by atoms with E-state index in [0.29, 0.717) is 25.1 Å². The van der Waals surface area contributed by atoms with E-state index in [0.717, 1.165) is 43.6 Å². The quantitative estimate of drug-likeness (QED) is 0.913. The van der Waals surface area contributed by atoms with Crippen molar-refractivity contribution in [3.63, 3.8) is 0 Å². The molecule has 3 heterocycles. The van der Waals surface area contributed by atoms with Crippen LogP contribution in [0.5, 0.6) is 0 Å². The minimum Gasteiger partial charge on any atom is -0.384 e. The van der Waals surface area contributed by atoms with Gasteiger partial charge in [-0.25, -0.2) is 0 Å². The highest BCUT2D eigenvalue weighted by molar-refractivity contribution is 5.30. The highest BCUT2D eigenvalue weighted by Crippen LogP contribution is 2.38. The topological polar surface area (TPSA) is 37.4 Å². The van der Waals surface area contributed by atoms with Crippen molar-refractivity contribution in [2.24, 2.45) is 5.41 Å². The van der Waals surface area contributed by atoms with E-state index in [9.17, 15) is 13.2 Å². The summed E-state index contributed by atoms with van der Waals surface area (Å²) in [4.78, 5) is 6.10. The number of fused-ring (bicyclic) bond motifs is 1. The first-order valence-corrected chi connectivity index (χ1v) is 8.05. The van der Waals surface area contributed by atoms with Crippen molar-refractivity contribution in [2.75, 3.05) is 33.4 Å². The van der Waals surface area contributed by atoms with Gasteiger partial charge in [-0.05, 0) is 24.6 Å². The molecule has 1 unspecified atom stereocenters. The average molecular weight is 341 g/mol. The fraction of sp³-hybridized carbons (Fsp3) is 0.588. The molecular weight excluding hydrogens is 319 g/mol. The third kappa shape index (κ3) is 3.15. The van der Waals surface area contributed by atoms with Crippen LogP contribution in [0.4, 0.5) is 13.2 Å². The molecule has 1 aromatic heterocycles. The van der Waals surface area contributed by atoms with E-state index < -0.39 is 11.7 Å². The molecule has 0 radical (unpaired) electrons. The molecule has 3 rings (SSSR count). The van der Waals surface area contributed by atoms with Gasteiger partial charge in [0.05, 0.1) is 12.2 Å². The molecule has 0 spiro atoms. The van der Waals surface area contributed by atoms with Crippen LogP contribution in [0.1, 0.15) is 23.2 Å². The van der Waals surface area contributed by atoms with Crippen LogP contribution in [0.25, 0.3) is 0 Å². The van der Waals surface area contributed by atoms with Crippen LogP contribution in [0.3, 0.4) is 0 Å². The van der Waals surface area contributed by atoms with Crippen LogP contribution in [-0.2, 0) is 23.9 Å². The number of halogens is 3. The average Bonchev–Trinajstić information content (AvgIpc) is 3.02. The van der Waals surface area contributed by atoms with E-state index >= 15 is 0 Å². The highest BCUT2D eigenvalue weighted by atomic mass is 19.4. The fourth-order valence-corrected chi connectivity index (χ4v) is 3.62. The SMILES string of the molecule is C=C(N1CCc2ncc(C(F)(F)F)cc2C1)C1(COC)CCNC1. The van der Waals surface area contributed by atoms with Crippen molar-refractivity contribution in [3.8, 4) is 0 Å². The van der Waals surface area contributed by atoms with Crippen molar-refractivity contribution in [3.05, 3.63) is 41.4 Å². The molecule has 0 amide bonds. The van der Waals surface area contributed by atoms with Gasteiger partial charge in [0.1, 0.15) is 0 Å². The Hall–Kier alpha value is -1.60. The number of nitrogens with zero attached hydrogens (tertiary/aromatic N) is 2. The van der Waals surface area contributed by atoms with E-state index in [1.807, 2.05) is 0 Å². The Morgan fingerprint density at radius 3 is 2.92 bits per heavy atom. The maximum atomic E-state index is 12.9. The van der Waals surface area contributed by atoms with Gasteiger partial charge >= 0.3 is 6.18 Å². The Morgan fingerprint density at radius 1 is 1.50 bits per heavy atom. The third-order valence-corrected chi connectivity index (χ3v) is 5.03. The van der Waals surface area contributed by atoms with Crippen molar-refractivity contribution < 1.29 is 17.9 Å². The predicted molar refractivity (Wildman–Crippen MR) is 84.3 cm³/mol. The second-order valence-corrected chi connectivity index (χ2v) is 6.59. The van der Waals surface area contributed by atoms with Crippen LogP contribution >= 0.6 is 0 Å². The fourth-order valence-electron chi connectivity index (χ4n) is 3.62. The molecule has 0 aliphatic carbocycles. The summed E-state index contributed by atoms with van der Waals surface area (Å²) in [5.74, 6) is 0. The molecule has 0 saturated carbocycles. The van der Waals surface area contributed by atoms with Crippen molar-refractivity contribution in [2.45, 2.75) is 25.6 Å². The molecule has 132 valence electrons. The largest absolute Gasteiger partial charge is 0.417 e. The summed E-state index contributed by atoms with van der Waals surface area (Å²) in [5, 5.41) is 3.34. The van der Waals surface area contributed by atoms with Crippen molar-refractivity contribution in [1.29, 1.82) is 0 Å². The van der Waals surface area contributed by atoms with Crippen molar-refractivity contribution >= 4 is 0 Å². The number of hydrogen-bond donors (Lipinski definition) is 1. The number of nitrogens with one attached hydrogen (secondary N) is 1. The zero-order valence-corrected chi connectivity index (χ0v) is 13.7. The van der Waals surface area contributed by atoms with Gasteiger partial charge in [0.25, 0.3) is 0 Å². The lowest BCUT2D eigenvalue weighted by Gasteiger charge is -2.40. The Morgan fingerprint density at radius 2 is 2.29 bits per heavy atom. The maximum Gasteiger partial charge on any atom is 0.417 e. The summed E-state index contributed by atoms with van der Waals surface area (Å²) in [5.41, 5.74) is 1.45. The zero-order valence-electron chi connectivity index (χ0n) is 13.7. The number of pyridine rings is 1. The summed E-state index contributed by atoms with van der Waals surface area (Å²) >= 11 is 0. The van der Waals surface area contributed by atoms with E-state index in [-0.39, 0.29) is 5.41 Å². The van der Waals surface area contributed by atoms with Gasteiger partial charge < -0.3 is 15.0 Å². The van der Waals surface area contributed by atoms with Crippen LogP contribution in [0.2, 0.25) is 0 Å². The smallest absolute Gasteiger partial charge is 0.384 e. The summed E-state index contributed by atoms with van der Waals surface area (Å²) in [6.45, 7) is 7.63. The first kappa shape index (κ1) is 17.2. The van der Waals surface area contributed by atoms with Crippen LogP contribution in [0, 0.1) is 5.41 Å². The van der Waals surface area contributed by atoms with Gasteiger partial charge in [0, 0.05) is 56.2 Å². The lowest BCUT2D eigenvalue weighted by molar-refractivity contribution is -0.137. The monoisotopic (exact) mass is 341 g/mol.